The lowest BCUT2D eigenvalue weighted by Crippen LogP contribution is -2.46. The third-order valence-corrected chi connectivity index (χ3v) is 7.66. The molecule has 2 heterocycles. The average Bonchev–Trinajstić information content (AvgIpc) is 3.12. The number of benzene rings is 1. The molecular weight excluding hydrogens is 364 g/mol. The van der Waals surface area contributed by atoms with Gasteiger partial charge in [-0.15, -0.1) is 0 Å². The second-order valence-corrected chi connectivity index (χ2v) is 9.69. The van der Waals surface area contributed by atoms with Crippen LogP contribution in [0.3, 0.4) is 0 Å². The van der Waals surface area contributed by atoms with Crippen molar-refractivity contribution in [1.29, 1.82) is 0 Å². The number of sulfonamides is 1. The van der Waals surface area contributed by atoms with Gasteiger partial charge in [-0.05, 0) is 57.6 Å². The number of carbonyl (C=O) groups excluding carboxylic acids is 1. The molecule has 1 aromatic rings. The summed E-state index contributed by atoms with van der Waals surface area (Å²) in [6.45, 7) is 7.61. The third kappa shape index (κ3) is 4.52. The molecule has 0 spiro atoms. The highest BCUT2D eigenvalue weighted by Gasteiger charge is 2.35. The van der Waals surface area contributed by atoms with E-state index in [9.17, 15) is 13.2 Å². The molecule has 3 rings (SSSR count). The first-order valence-corrected chi connectivity index (χ1v) is 11.2. The van der Waals surface area contributed by atoms with Crippen molar-refractivity contribution in [3.05, 3.63) is 28.8 Å². The number of hydrogen-bond acceptors (Lipinski definition) is 4. The van der Waals surface area contributed by atoms with Gasteiger partial charge in [0.1, 0.15) is 0 Å². The highest BCUT2D eigenvalue weighted by molar-refractivity contribution is 7.89. The Kier molecular flexibility index (Phi) is 6.23. The van der Waals surface area contributed by atoms with Gasteiger partial charge >= 0.3 is 0 Å². The van der Waals surface area contributed by atoms with E-state index in [1.54, 1.807) is 0 Å². The number of rotatable bonds is 5. The Bertz CT molecular complexity index is 777. The van der Waals surface area contributed by atoms with E-state index in [-0.39, 0.29) is 24.5 Å². The fourth-order valence-electron chi connectivity index (χ4n) is 4.24. The monoisotopic (exact) mass is 394 g/mol. The number of nitrogens with one attached hydrogen (secondary N) is 1. The largest absolute Gasteiger partial charge is 0.376 e. The first-order valence-electron chi connectivity index (χ1n) is 9.76. The van der Waals surface area contributed by atoms with Gasteiger partial charge in [-0.3, -0.25) is 4.79 Å². The molecule has 1 aromatic carbocycles. The maximum atomic E-state index is 13.2. The quantitative estimate of drug-likeness (QED) is 0.832. The molecule has 0 saturated carbocycles. The predicted octanol–water partition coefficient (Wildman–Crippen LogP) is 2.31. The second-order valence-electron chi connectivity index (χ2n) is 7.81. The number of hydrogen-bond donors (Lipinski definition) is 1. The Morgan fingerprint density at radius 1 is 1.19 bits per heavy atom. The van der Waals surface area contributed by atoms with E-state index in [1.807, 2.05) is 32.9 Å². The minimum absolute atomic E-state index is 0.0669. The molecule has 0 bridgehead atoms. The van der Waals surface area contributed by atoms with Gasteiger partial charge in [0.05, 0.1) is 16.9 Å². The summed E-state index contributed by atoms with van der Waals surface area (Å²) in [5.41, 5.74) is 2.57. The van der Waals surface area contributed by atoms with Crippen molar-refractivity contribution in [1.82, 2.24) is 9.62 Å². The van der Waals surface area contributed by atoms with Gasteiger partial charge in [-0.25, -0.2) is 8.42 Å². The van der Waals surface area contributed by atoms with Crippen LogP contribution in [0.4, 0.5) is 0 Å². The molecule has 2 atom stereocenters. The van der Waals surface area contributed by atoms with Crippen LogP contribution in [-0.4, -0.2) is 51.0 Å². The Morgan fingerprint density at radius 3 is 2.52 bits per heavy atom. The van der Waals surface area contributed by atoms with Crippen molar-refractivity contribution in [3.8, 4) is 0 Å². The fourth-order valence-corrected chi connectivity index (χ4v) is 6.18. The third-order valence-electron chi connectivity index (χ3n) is 5.49. The average molecular weight is 395 g/mol. The summed E-state index contributed by atoms with van der Waals surface area (Å²) in [6.07, 6.45) is 3.51. The van der Waals surface area contributed by atoms with Crippen LogP contribution in [0.5, 0.6) is 0 Å². The van der Waals surface area contributed by atoms with Gasteiger partial charge < -0.3 is 10.1 Å². The molecule has 1 amide bonds. The summed E-state index contributed by atoms with van der Waals surface area (Å²) in [7, 11) is -3.61. The van der Waals surface area contributed by atoms with Crippen LogP contribution >= 0.6 is 0 Å². The molecule has 2 fully saturated rings. The lowest BCUT2D eigenvalue weighted by Gasteiger charge is -2.32. The van der Waals surface area contributed by atoms with Crippen LogP contribution in [0.15, 0.2) is 17.0 Å². The van der Waals surface area contributed by atoms with E-state index >= 15 is 0 Å². The molecule has 7 heteroatoms. The zero-order valence-electron chi connectivity index (χ0n) is 16.5. The molecule has 150 valence electrons. The van der Waals surface area contributed by atoms with Crippen LogP contribution in [0.2, 0.25) is 0 Å². The Hall–Kier alpha value is -1.44. The molecule has 0 aliphatic carbocycles. The summed E-state index contributed by atoms with van der Waals surface area (Å²) >= 11 is 0. The number of nitrogens with zero attached hydrogens (tertiary/aromatic N) is 1. The fraction of sp³-hybridized carbons (Fsp3) is 0.650. The first kappa shape index (κ1) is 20.3. The highest BCUT2D eigenvalue weighted by atomic mass is 32.2. The lowest BCUT2D eigenvalue weighted by atomic mass is 9.99. The van der Waals surface area contributed by atoms with Gasteiger partial charge in [0, 0.05) is 26.2 Å². The number of piperidine rings is 1. The van der Waals surface area contributed by atoms with E-state index in [0.717, 1.165) is 42.6 Å². The Labute approximate surface area is 162 Å². The Morgan fingerprint density at radius 2 is 1.89 bits per heavy atom. The van der Waals surface area contributed by atoms with Gasteiger partial charge in [0.2, 0.25) is 15.9 Å². The zero-order valence-corrected chi connectivity index (χ0v) is 17.3. The van der Waals surface area contributed by atoms with Crippen LogP contribution in [0.1, 0.15) is 42.4 Å². The lowest BCUT2D eigenvalue weighted by molar-refractivity contribution is -0.126. The minimum Gasteiger partial charge on any atom is -0.376 e. The van der Waals surface area contributed by atoms with Crippen LogP contribution < -0.4 is 5.32 Å². The molecule has 1 N–H and O–H groups in total. The van der Waals surface area contributed by atoms with Crippen LogP contribution in [0.25, 0.3) is 0 Å². The van der Waals surface area contributed by atoms with Gasteiger partial charge in [-0.2, -0.15) is 4.31 Å². The van der Waals surface area contributed by atoms with Crippen molar-refractivity contribution in [3.63, 3.8) is 0 Å². The SMILES string of the molecule is Cc1cc(C)c(S(=O)(=O)N2CCC[C@@H](C(=O)NC[C@H]3CCCO3)C2)c(C)c1. The van der Waals surface area contributed by atoms with E-state index in [4.69, 9.17) is 4.74 Å². The van der Waals surface area contributed by atoms with Crippen molar-refractivity contribution < 1.29 is 17.9 Å². The van der Waals surface area contributed by atoms with Gasteiger partial charge in [0.15, 0.2) is 0 Å². The summed E-state index contributed by atoms with van der Waals surface area (Å²) < 4.78 is 33.5. The van der Waals surface area contributed by atoms with E-state index in [1.165, 1.54) is 4.31 Å². The smallest absolute Gasteiger partial charge is 0.243 e. The number of amides is 1. The van der Waals surface area contributed by atoms with Crippen molar-refractivity contribution in [2.24, 2.45) is 5.92 Å². The molecule has 0 aromatic heterocycles. The Balaban J connectivity index is 1.70. The minimum atomic E-state index is -3.61. The van der Waals surface area contributed by atoms with E-state index in [2.05, 4.69) is 5.32 Å². The van der Waals surface area contributed by atoms with E-state index in [0.29, 0.717) is 24.4 Å². The summed E-state index contributed by atoms with van der Waals surface area (Å²) in [5.74, 6) is -0.372. The zero-order chi connectivity index (χ0) is 19.6. The molecule has 2 saturated heterocycles. The van der Waals surface area contributed by atoms with Crippen molar-refractivity contribution in [2.45, 2.75) is 57.5 Å². The molecule has 0 unspecified atom stereocenters. The molecule has 27 heavy (non-hydrogen) atoms. The maximum Gasteiger partial charge on any atom is 0.243 e. The number of carbonyl (C=O) groups is 1. The van der Waals surface area contributed by atoms with E-state index < -0.39 is 10.0 Å². The predicted molar refractivity (Wildman–Crippen MR) is 104 cm³/mol. The number of aryl methyl sites for hydroxylation is 3. The molecule has 6 nitrogen and oxygen atoms in total. The summed E-state index contributed by atoms with van der Waals surface area (Å²) in [5, 5.41) is 2.95. The van der Waals surface area contributed by atoms with Crippen LogP contribution in [-0.2, 0) is 19.6 Å². The van der Waals surface area contributed by atoms with Gasteiger partial charge in [0.25, 0.3) is 0 Å². The molecule has 2 aliphatic rings. The van der Waals surface area contributed by atoms with Crippen molar-refractivity contribution in [2.75, 3.05) is 26.2 Å². The molecular formula is C20H30N2O4S. The first-order chi connectivity index (χ1) is 12.8. The number of ether oxygens (including phenoxy) is 1. The van der Waals surface area contributed by atoms with Crippen LogP contribution in [0, 0.1) is 26.7 Å². The van der Waals surface area contributed by atoms with Crippen molar-refractivity contribution >= 4 is 15.9 Å². The summed E-state index contributed by atoms with van der Waals surface area (Å²) in [4.78, 5) is 12.9. The molecule has 0 radical (unpaired) electrons. The normalized spacial score (nSPS) is 24.1. The summed E-state index contributed by atoms with van der Waals surface area (Å²) in [6, 6.07) is 3.80. The van der Waals surface area contributed by atoms with Gasteiger partial charge in [-0.1, -0.05) is 17.7 Å². The topological polar surface area (TPSA) is 75.7 Å². The molecule has 2 aliphatic heterocycles. The standard InChI is InChI=1S/C20H30N2O4S/c1-14-10-15(2)19(16(3)11-14)27(24,25)22-8-4-6-17(13-22)20(23)21-12-18-7-5-9-26-18/h10-11,17-18H,4-9,12-13H2,1-3H3,(H,21,23)/t17-,18-/m1/s1. The second kappa shape index (κ2) is 8.29. The maximum absolute atomic E-state index is 13.2. The highest BCUT2D eigenvalue weighted by Crippen LogP contribution is 2.29.